The lowest BCUT2D eigenvalue weighted by Crippen LogP contribution is -2.18. The number of amides is 2. The molecule has 2 aromatic rings. The number of ether oxygens (including phenoxy) is 2. The van der Waals surface area contributed by atoms with Crippen LogP contribution in [0.2, 0.25) is 0 Å². The molecule has 3 N–H and O–H groups in total. The first-order chi connectivity index (χ1) is 13.6. The molecule has 1 aliphatic carbocycles. The number of rotatable bonds is 6. The first-order valence-corrected chi connectivity index (χ1v) is 10.5. The third kappa shape index (κ3) is 4.05. The van der Waals surface area contributed by atoms with E-state index in [1.807, 2.05) is 0 Å². The molecule has 28 heavy (non-hydrogen) atoms. The Labute approximate surface area is 168 Å². The Morgan fingerprint density at radius 1 is 1.18 bits per heavy atom. The quantitative estimate of drug-likeness (QED) is 0.776. The van der Waals surface area contributed by atoms with Crippen LogP contribution in [0.5, 0.6) is 5.75 Å². The average molecular weight is 401 g/mol. The Bertz CT molecular complexity index is 869. The van der Waals surface area contributed by atoms with Crippen LogP contribution in [0.4, 0.5) is 5.00 Å². The van der Waals surface area contributed by atoms with Crippen molar-refractivity contribution in [3.05, 3.63) is 45.8 Å². The molecule has 1 aromatic heterocycles. The highest BCUT2D eigenvalue weighted by Crippen LogP contribution is 2.38. The minimum Gasteiger partial charge on any atom is -0.491 e. The molecule has 2 amide bonds. The van der Waals surface area contributed by atoms with Crippen LogP contribution < -0.4 is 15.8 Å². The highest BCUT2D eigenvalue weighted by atomic mass is 32.1. The molecule has 6 nitrogen and oxygen atoms in total. The monoisotopic (exact) mass is 400 g/mol. The van der Waals surface area contributed by atoms with Gasteiger partial charge >= 0.3 is 0 Å². The van der Waals surface area contributed by atoms with Gasteiger partial charge in [-0.25, -0.2) is 0 Å². The van der Waals surface area contributed by atoms with Crippen LogP contribution in [-0.4, -0.2) is 31.1 Å². The van der Waals surface area contributed by atoms with Crippen molar-refractivity contribution >= 4 is 28.2 Å². The summed E-state index contributed by atoms with van der Waals surface area (Å²) < 4.78 is 11.3. The summed E-state index contributed by atoms with van der Waals surface area (Å²) in [5.74, 6) is -0.0317. The molecule has 7 heteroatoms. The van der Waals surface area contributed by atoms with Crippen molar-refractivity contribution in [2.45, 2.75) is 44.6 Å². The molecule has 0 spiro atoms. The largest absolute Gasteiger partial charge is 0.491 e. The van der Waals surface area contributed by atoms with Gasteiger partial charge in [-0.2, -0.15) is 0 Å². The van der Waals surface area contributed by atoms with Crippen molar-refractivity contribution in [1.29, 1.82) is 0 Å². The van der Waals surface area contributed by atoms with Gasteiger partial charge in [-0.3, -0.25) is 9.59 Å². The summed E-state index contributed by atoms with van der Waals surface area (Å²) >= 11 is 1.47. The van der Waals surface area contributed by atoms with E-state index >= 15 is 0 Å². The fraction of sp³-hybridized carbons (Fsp3) is 0.429. The minimum atomic E-state index is -0.479. The lowest BCUT2D eigenvalue weighted by atomic mass is 9.95. The molecular formula is C21H24N2O4S. The van der Waals surface area contributed by atoms with Gasteiger partial charge in [-0.15, -0.1) is 11.3 Å². The smallest absolute Gasteiger partial charge is 0.256 e. The average Bonchev–Trinajstić information content (AvgIpc) is 3.34. The standard InChI is InChI=1S/C21H24N2O4S/c22-19(24)18-16-5-1-2-6-17(16)28-21(18)23-20(25)13-7-9-14(10-8-13)27-12-15-4-3-11-26-15/h7-10,15H,1-6,11-12H2,(H2,22,24)(H,23,25). The molecule has 1 saturated heterocycles. The predicted octanol–water partition coefficient (Wildman–Crippen LogP) is 3.54. The van der Waals surface area contributed by atoms with Gasteiger partial charge in [-0.1, -0.05) is 0 Å². The van der Waals surface area contributed by atoms with Gasteiger partial charge < -0.3 is 20.5 Å². The summed E-state index contributed by atoms with van der Waals surface area (Å²) in [5, 5.41) is 3.44. The van der Waals surface area contributed by atoms with Gasteiger partial charge in [-0.05, 0) is 68.4 Å². The van der Waals surface area contributed by atoms with Crippen LogP contribution in [0.25, 0.3) is 0 Å². The van der Waals surface area contributed by atoms with E-state index in [4.69, 9.17) is 15.2 Å². The predicted molar refractivity (Wildman–Crippen MR) is 108 cm³/mol. The first-order valence-electron chi connectivity index (χ1n) is 9.72. The van der Waals surface area contributed by atoms with E-state index in [1.165, 1.54) is 11.3 Å². The van der Waals surface area contributed by atoms with E-state index in [0.29, 0.717) is 28.5 Å². The topological polar surface area (TPSA) is 90.7 Å². The summed E-state index contributed by atoms with van der Waals surface area (Å²) in [5.41, 5.74) is 7.59. The van der Waals surface area contributed by atoms with E-state index in [0.717, 1.165) is 55.6 Å². The lowest BCUT2D eigenvalue weighted by molar-refractivity contribution is 0.0679. The Balaban J connectivity index is 1.43. The van der Waals surface area contributed by atoms with Gasteiger partial charge in [0.2, 0.25) is 0 Å². The molecule has 1 unspecified atom stereocenters. The SMILES string of the molecule is NC(=O)c1c(NC(=O)c2ccc(OCC3CCCO3)cc2)sc2c1CCCC2. The summed E-state index contributed by atoms with van der Waals surface area (Å²) in [4.78, 5) is 25.8. The second kappa shape index (κ2) is 8.32. The molecule has 1 aromatic carbocycles. The lowest BCUT2D eigenvalue weighted by Gasteiger charge is -2.12. The van der Waals surface area contributed by atoms with E-state index in [1.54, 1.807) is 24.3 Å². The number of benzene rings is 1. The van der Waals surface area contributed by atoms with Crippen LogP contribution in [0.15, 0.2) is 24.3 Å². The fourth-order valence-corrected chi connectivity index (χ4v) is 5.05. The summed E-state index contributed by atoms with van der Waals surface area (Å²) in [6.07, 6.45) is 6.18. The Hall–Kier alpha value is -2.38. The maximum Gasteiger partial charge on any atom is 0.256 e. The number of nitrogens with two attached hydrogens (primary N) is 1. The zero-order valence-corrected chi connectivity index (χ0v) is 16.5. The molecule has 1 fully saturated rings. The van der Waals surface area contributed by atoms with Crippen molar-refractivity contribution in [2.24, 2.45) is 5.73 Å². The number of anilines is 1. The molecule has 1 aliphatic heterocycles. The highest BCUT2D eigenvalue weighted by Gasteiger charge is 2.25. The summed E-state index contributed by atoms with van der Waals surface area (Å²) in [6.45, 7) is 1.32. The number of nitrogens with one attached hydrogen (secondary N) is 1. The number of carbonyl (C=O) groups excluding carboxylic acids is 2. The van der Waals surface area contributed by atoms with Crippen molar-refractivity contribution < 1.29 is 19.1 Å². The zero-order chi connectivity index (χ0) is 19.5. The van der Waals surface area contributed by atoms with Gasteiger partial charge in [0, 0.05) is 17.0 Å². The maximum atomic E-state index is 12.7. The first kappa shape index (κ1) is 19.0. The molecule has 148 valence electrons. The highest BCUT2D eigenvalue weighted by molar-refractivity contribution is 7.17. The van der Waals surface area contributed by atoms with Crippen molar-refractivity contribution in [2.75, 3.05) is 18.5 Å². The molecule has 0 saturated carbocycles. The van der Waals surface area contributed by atoms with Crippen LogP contribution in [0.3, 0.4) is 0 Å². The second-order valence-electron chi connectivity index (χ2n) is 7.20. The molecule has 2 heterocycles. The third-order valence-electron chi connectivity index (χ3n) is 5.22. The molecular weight excluding hydrogens is 376 g/mol. The van der Waals surface area contributed by atoms with Crippen molar-refractivity contribution in [1.82, 2.24) is 0 Å². The Kier molecular flexibility index (Phi) is 5.64. The number of thiophene rings is 1. The van der Waals surface area contributed by atoms with Crippen LogP contribution in [0, 0.1) is 0 Å². The molecule has 0 radical (unpaired) electrons. The summed E-state index contributed by atoms with van der Waals surface area (Å²) in [7, 11) is 0. The fourth-order valence-electron chi connectivity index (χ4n) is 3.76. The molecule has 2 aliphatic rings. The number of carbonyl (C=O) groups is 2. The van der Waals surface area contributed by atoms with E-state index in [9.17, 15) is 9.59 Å². The molecule has 1 atom stereocenters. The van der Waals surface area contributed by atoms with Gasteiger partial charge in [0.15, 0.2) is 0 Å². The second-order valence-corrected chi connectivity index (χ2v) is 8.31. The van der Waals surface area contributed by atoms with Crippen molar-refractivity contribution in [3.63, 3.8) is 0 Å². The number of fused-ring (bicyclic) bond motifs is 1. The van der Waals surface area contributed by atoms with Crippen LogP contribution in [0.1, 0.15) is 56.8 Å². The Morgan fingerprint density at radius 2 is 1.96 bits per heavy atom. The van der Waals surface area contributed by atoms with Gasteiger partial charge in [0.05, 0.1) is 11.7 Å². The number of aryl methyl sites for hydroxylation is 1. The third-order valence-corrected chi connectivity index (χ3v) is 6.43. The van der Waals surface area contributed by atoms with E-state index in [2.05, 4.69) is 5.32 Å². The Morgan fingerprint density at radius 3 is 2.68 bits per heavy atom. The van der Waals surface area contributed by atoms with Crippen LogP contribution >= 0.6 is 11.3 Å². The molecule has 0 bridgehead atoms. The molecule has 4 rings (SSSR count). The zero-order valence-electron chi connectivity index (χ0n) is 15.7. The van der Waals surface area contributed by atoms with Crippen LogP contribution in [-0.2, 0) is 17.6 Å². The van der Waals surface area contributed by atoms with Crippen molar-refractivity contribution in [3.8, 4) is 5.75 Å². The minimum absolute atomic E-state index is 0.153. The summed E-state index contributed by atoms with van der Waals surface area (Å²) in [6, 6.07) is 6.99. The number of hydrogen-bond acceptors (Lipinski definition) is 5. The number of primary amides is 1. The van der Waals surface area contributed by atoms with Gasteiger partial charge in [0.25, 0.3) is 11.8 Å². The number of hydrogen-bond donors (Lipinski definition) is 2. The maximum absolute atomic E-state index is 12.7. The normalized spacial score (nSPS) is 18.5. The van der Waals surface area contributed by atoms with Gasteiger partial charge in [0.1, 0.15) is 17.4 Å². The van der Waals surface area contributed by atoms with E-state index in [-0.39, 0.29) is 12.0 Å². The van der Waals surface area contributed by atoms with E-state index < -0.39 is 5.91 Å².